The molecular formula is C28H24F3N5O4. The molecule has 1 atom stereocenters. The van der Waals surface area contributed by atoms with Gasteiger partial charge in [-0.2, -0.15) is 5.10 Å². The molecule has 0 unspecified atom stereocenters. The van der Waals surface area contributed by atoms with Gasteiger partial charge in [-0.3, -0.25) is 14.4 Å². The molecule has 6 rings (SSSR count). The summed E-state index contributed by atoms with van der Waals surface area (Å²) in [7, 11) is 0. The molecule has 0 fully saturated rings. The third-order valence-electron chi connectivity index (χ3n) is 6.68. The lowest BCUT2D eigenvalue weighted by molar-refractivity contribution is -0.121. The van der Waals surface area contributed by atoms with Crippen LogP contribution in [0.4, 0.5) is 13.2 Å². The van der Waals surface area contributed by atoms with Crippen LogP contribution in [-0.2, 0) is 24.2 Å². The fourth-order valence-corrected chi connectivity index (χ4v) is 4.65. The number of nitrogens with one attached hydrogen (secondary N) is 1. The number of nitrogens with zero attached hydrogens (tertiary/aromatic N) is 3. The maximum absolute atomic E-state index is 13.8. The van der Waals surface area contributed by atoms with Gasteiger partial charge in [-0.1, -0.05) is 6.07 Å². The van der Waals surface area contributed by atoms with E-state index in [-0.39, 0.29) is 54.2 Å². The van der Waals surface area contributed by atoms with Gasteiger partial charge in [-0.05, 0) is 59.9 Å². The number of halogens is 3. The van der Waals surface area contributed by atoms with Crippen LogP contribution >= 0.6 is 0 Å². The number of carbonyl (C=O) groups is 3. The zero-order valence-corrected chi connectivity index (χ0v) is 21.3. The zero-order chi connectivity index (χ0) is 28.6. The summed E-state index contributed by atoms with van der Waals surface area (Å²) in [6.07, 6.45) is 2.77. The largest absolute Gasteiger partial charge is 0.486 e. The van der Waals surface area contributed by atoms with Crippen LogP contribution in [0.5, 0.6) is 5.75 Å². The van der Waals surface area contributed by atoms with Crippen molar-refractivity contribution in [3.8, 4) is 5.75 Å². The zero-order valence-electron chi connectivity index (χ0n) is 21.3. The van der Waals surface area contributed by atoms with Crippen LogP contribution in [-0.4, -0.2) is 38.7 Å². The molecule has 2 aromatic heterocycles. The molecule has 0 spiro atoms. The fourth-order valence-electron chi connectivity index (χ4n) is 4.65. The summed E-state index contributed by atoms with van der Waals surface area (Å²) in [5.74, 6) is -2.58. The summed E-state index contributed by atoms with van der Waals surface area (Å²) in [4.78, 5) is 39.8. The van der Waals surface area contributed by atoms with Gasteiger partial charge in [0.1, 0.15) is 23.7 Å². The van der Waals surface area contributed by atoms with E-state index < -0.39 is 23.4 Å². The highest BCUT2D eigenvalue weighted by Gasteiger charge is 2.22. The van der Waals surface area contributed by atoms with Crippen molar-refractivity contribution in [2.45, 2.75) is 38.8 Å². The monoisotopic (exact) mass is 551 g/mol. The van der Waals surface area contributed by atoms with Gasteiger partial charge in [0.2, 0.25) is 0 Å². The maximum atomic E-state index is 13.8. The standard InChI is InChI=1S/C19H15FN4O4.C9H9F2N/c1-10(25)16-6-15(23-18-14(20)8-22-24(16)18)19(27)21-7-11-2-3-17-12(4-11)5-13(26)9-28-17;10-7-3-5-1-2-9(12)6(5)4-8(7)11/h2-4,6,8H,5,7,9H2,1H3,(H,21,27);3-4,9H,1-2,12H2/t;9-/m.0/s1. The number of aryl methyl sites for hydroxylation is 1. The highest BCUT2D eigenvalue weighted by Crippen LogP contribution is 2.30. The molecule has 0 radical (unpaired) electrons. The van der Waals surface area contributed by atoms with Gasteiger partial charge < -0.3 is 15.8 Å². The van der Waals surface area contributed by atoms with Crippen LogP contribution in [0.15, 0.2) is 42.6 Å². The Balaban J connectivity index is 0.000000223. The van der Waals surface area contributed by atoms with Gasteiger partial charge >= 0.3 is 0 Å². The summed E-state index contributed by atoms with van der Waals surface area (Å²) in [5, 5.41) is 6.45. The van der Waals surface area contributed by atoms with E-state index in [9.17, 15) is 27.6 Å². The van der Waals surface area contributed by atoms with E-state index in [1.54, 1.807) is 18.2 Å². The first-order valence-electron chi connectivity index (χ1n) is 12.4. The molecule has 4 aromatic rings. The molecule has 1 amide bonds. The average Bonchev–Trinajstić information content (AvgIpc) is 3.48. The number of hydrogen-bond donors (Lipinski definition) is 2. The Labute approximate surface area is 226 Å². The minimum Gasteiger partial charge on any atom is -0.486 e. The lowest BCUT2D eigenvalue weighted by Crippen LogP contribution is -2.25. The van der Waals surface area contributed by atoms with Crippen LogP contribution in [0.2, 0.25) is 0 Å². The predicted octanol–water partition coefficient (Wildman–Crippen LogP) is 3.42. The second-order valence-electron chi connectivity index (χ2n) is 9.55. The number of ketones is 2. The molecule has 2 aromatic carbocycles. The smallest absolute Gasteiger partial charge is 0.270 e. The fraction of sp³-hybridized carbons (Fsp3) is 0.250. The van der Waals surface area contributed by atoms with Crippen molar-refractivity contribution in [1.29, 1.82) is 0 Å². The molecule has 206 valence electrons. The van der Waals surface area contributed by atoms with E-state index in [1.807, 2.05) is 0 Å². The van der Waals surface area contributed by atoms with Crippen molar-refractivity contribution in [2.75, 3.05) is 6.61 Å². The molecule has 0 bridgehead atoms. The van der Waals surface area contributed by atoms with Gasteiger partial charge in [0.15, 0.2) is 34.7 Å². The molecule has 12 heteroatoms. The lowest BCUT2D eigenvalue weighted by atomic mass is 10.0. The highest BCUT2D eigenvalue weighted by atomic mass is 19.2. The van der Waals surface area contributed by atoms with Crippen LogP contribution in [0.25, 0.3) is 5.65 Å². The summed E-state index contributed by atoms with van der Waals surface area (Å²) >= 11 is 0. The van der Waals surface area contributed by atoms with E-state index in [4.69, 9.17) is 10.5 Å². The highest BCUT2D eigenvalue weighted by molar-refractivity contribution is 5.98. The molecule has 1 aliphatic heterocycles. The first-order valence-corrected chi connectivity index (χ1v) is 12.4. The number of aromatic nitrogens is 3. The van der Waals surface area contributed by atoms with Gasteiger partial charge in [0, 0.05) is 31.5 Å². The van der Waals surface area contributed by atoms with Crippen molar-refractivity contribution in [3.63, 3.8) is 0 Å². The lowest BCUT2D eigenvalue weighted by Gasteiger charge is -2.17. The van der Waals surface area contributed by atoms with E-state index in [2.05, 4.69) is 15.4 Å². The normalized spacial score (nSPS) is 15.5. The number of ether oxygens (including phenoxy) is 1. The van der Waals surface area contributed by atoms with E-state index in [0.29, 0.717) is 5.75 Å². The second-order valence-corrected chi connectivity index (χ2v) is 9.55. The molecule has 1 aliphatic carbocycles. The van der Waals surface area contributed by atoms with E-state index >= 15 is 0 Å². The number of nitrogens with two attached hydrogens (primary N) is 1. The van der Waals surface area contributed by atoms with Crippen molar-refractivity contribution in [3.05, 3.63) is 93.7 Å². The van der Waals surface area contributed by atoms with Gasteiger partial charge in [0.05, 0.1) is 6.20 Å². The number of fused-ring (bicyclic) bond motifs is 3. The van der Waals surface area contributed by atoms with Crippen molar-refractivity contribution in [1.82, 2.24) is 19.9 Å². The third-order valence-corrected chi connectivity index (χ3v) is 6.68. The average molecular weight is 552 g/mol. The van der Waals surface area contributed by atoms with Crippen LogP contribution in [0.3, 0.4) is 0 Å². The summed E-state index contributed by atoms with van der Waals surface area (Å²) in [6, 6.07) is 8.94. The third kappa shape index (κ3) is 5.43. The van der Waals surface area contributed by atoms with Crippen molar-refractivity contribution >= 4 is 23.1 Å². The minimum atomic E-state index is -0.800. The van der Waals surface area contributed by atoms with E-state index in [1.165, 1.54) is 25.1 Å². The molecule has 40 heavy (non-hydrogen) atoms. The van der Waals surface area contributed by atoms with E-state index in [0.717, 1.165) is 45.8 Å². The molecule has 9 nitrogen and oxygen atoms in total. The number of Topliss-reactive ketones (excluding diaryl/α,β-unsaturated/α-hetero) is 2. The Hall–Kier alpha value is -4.58. The Bertz CT molecular complexity index is 1670. The quantitative estimate of drug-likeness (QED) is 0.372. The molecule has 3 N–H and O–H groups in total. The summed E-state index contributed by atoms with van der Waals surface area (Å²) in [6.45, 7) is 1.54. The number of rotatable bonds is 4. The Morgan fingerprint density at radius 1 is 1.10 bits per heavy atom. The second kappa shape index (κ2) is 10.9. The van der Waals surface area contributed by atoms with Crippen LogP contribution in [0.1, 0.15) is 62.6 Å². The maximum Gasteiger partial charge on any atom is 0.270 e. The molecule has 2 aliphatic rings. The number of carbonyl (C=O) groups excluding carboxylic acids is 3. The first kappa shape index (κ1) is 27.0. The number of amides is 1. The topological polar surface area (TPSA) is 129 Å². The molecule has 3 heterocycles. The number of hydrogen-bond acceptors (Lipinski definition) is 7. The minimum absolute atomic E-state index is 0.00853. The SMILES string of the molecule is CC(=O)c1cc(C(=O)NCc2ccc3c(c2)CC(=O)CO3)nc2c(F)cnn12.N[C@H]1CCc2cc(F)c(F)cc21. The Morgan fingerprint density at radius 3 is 2.65 bits per heavy atom. The molecule has 0 saturated heterocycles. The van der Waals surface area contributed by atoms with Crippen LogP contribution < -0.4 is 15.8 Å². The molecule has 0 saturated carbocycles. The van der Waals surface area contributed by atoms with Crippen molar-refractivity contribution in [2.24, 2.45) is 5.73 Å². The van der Waals surface area contributed by atoms with Gasteiger partial charge in [-0.25, -0.2) is 22.7 Å². The van der Waals surface area contributed by atoms with Crippen LogP contribution in [0, 0.1) is 17.5 Å². The van der Waals surface area contributed by atoms with Gasteiger partial charge in [0.25, 0.3) is 5.91 Å². The van der Waals surface area contributed by atoms with Gasteiger partial charge in [-0.15, -0.1) is 0 Å². The first-order chi connectivity index (χ1) is 19.1. The summed E-state index contributed by atoms with van der Waals surface area (Å²) < 4.78 is 45.7. The summed E-state index contributed by atoms with van der Waals surface area (Å²) in [5.41, 5.74) is 8.60. The van der Waals surface area contributed by atoms with Crippen molar-refractivity contribution < 1.29 is 32.3 Å². The predicted molar refractivity (Wildman–Crippen MR) is 136 cm³/mol. The number of benzene rings is 2. The Kier molecular flexibility index (Phi) is 7.35. The Morgan fingerprint density at radius 2 is 1.88 bits per heavy atom. The molecular weight excluding hydrogens is 527 g/mol.